The van der Waals surface area contributed by atoms with E-state index in [2.05, 4.69) is 38.3 Å². The molecule has 0 fully saturated rings. The second-order valence-corrected chi connectivity index (χ2v) is 14.5. The van der Waals surface area contributed by atoms with Gasteiger partial charge in [0, 0.05) is 44.4 Å². The van der Waals surface area contributed by atoms with E-state index in [1.807, 2.05) is 58.0 Å². The molecule has 0 heterocycles. The maximum atomic E-state index is 13.6. The Morgan fingerprint density at radius 3 is 2.26 bits per heavy atom. The van der Waals surface area contributed by atoms with Gasteiger partial charge in [-0.3, -0.25) is 9.59 Å². The summed E-state index contributed by atoms with van der Waals surface area (Å²) in [7, 11) is 3.39. The fourth-order valence-electron chi connectivity index (χ4n) is 5.76. The van der Waals surface area contributed by atoms with Crippen LogP contribution in [0.2, 0.25) is 0 Å². The van der Waals surface area contributed by atoms with Crippen molar-refractivity contribution in [1.29, 1.82) is 0 Å². The molecule has 0 bridgehead atoms. The molecule has 1 aliphatic carbocycles. The van der Waals surface area contributed by atoms with Crippen molar-refractivity contribution in [3.8, 4) is 11.1 Å². The first-order valence-corrected chi connectivity index (χ1v) is 16.9. The molecular weight excluding hydrogens is 596 g/mol. The summed E-state index contributed by atoms with van der Waals surface area (Å²) in [4.78, 5) is 26.8. The number of ether oxygens (including phenoxy) is 4. The standard InChI is InChI=1S/C38H58N2O7/c1-11-38(8,47-23-32(44-9)25(2)3)17-19-39-35(43)29-14-12-13-27-31(22-41)30-21-26(15-16-28(30)33(27)29)34(42)40-24-37(6,7)46-20-18-36(4,5)45-10/h12-16,21,25,31-32,41H,11,17-20,22-24H2,1-10H3,(H,39,43)(H,40,42). The van der Waals surface area contributed by atoms with Crippen LogP contribution in [-0.4, -0.2) is 87.0 Å². The zero-order valence-electron chi connectivity index (χ0n) is 30.2. The van der Waals surface area contributed by atoms with Crippen LogP contribution in [0, 0.1) is 5.92 Å². The third-order valence-corrected chi connectivity index (χ3v) is 9.61. The molecule has 2 aromatic rings. The maximum Gasteiger partial charge on any atom is 0.251 e. The molecule has 2 amide bonds. The number of fused-ring (bicyclic) bond motifs is 3. The number of rotatable bonds is 19. The number of aliphatic hydroxyl groups is 1. The predicted molar refractivity (Wildman–Crippen MR) is 186 cm³/mol. The van der Waals surface area contributed by atoms with E-state index in [0.29, 0.717) is 49.8 Å². The van der Waals surface area contributed by atoms with Gasteiger partial charge in [-0.15, -0.1) is 0 Å². The van der Waals surface area contributed by atoms with E-state index >= 15 is 0 Å². The number of carbonyl (C=O) groups excluding carboxylic acids is 2. The minimum atomic E-state index is -0.566. The van der Waals surface area contributed by atoms with Gasteiger partial charge >= 0.3 is 0 Å². The van der Waals surface area contributed by atoms with Crippen molar-refractivity contribution in [2.45, 2.75) is 103 Å². The zero-order chi connectivity index (χ0) is 35.0. The summed E-state index contributed by atoms with van der Waals surface area (Å²) in [6.07, 6.45) is 2.20. The van der Waals surface area contributed by atoms with Crippen molar-refractivity contribution < 1.29 is 33.6 Å². The Morgan fingerprint density at radius 2 is 1.64 bits per heavy atom. The number of benzene rings is 2. The van der Waals surface area contributed by atoms with Crippen molar-refractivity contribution in [2.75, 3.05) is 47.1 Å². The van der Waals surface area contributed by atoms with E-state index in [1.54, 1.807) is 20.3 Å². The molecule has 3 rings (SSSR count). The van der Waals surface area contributed by atoms with E-state index < -0.39 is 11.2 Å². The second kappa shape index (κ2) is 16.5. The summed E-state index contributed by atoms with van der Waals surface area (Å²) < 4.78 is 23.4. The van der Waals surface area contributed by atoms with Crippen LogP contribution in [0.25, 0.3) is 11.1 Å². The number of aliphatic hydroxyl groups excluding tert-OH is 1. The molecule has 3 unspecified atom stereocenters. The average molecular weight is 655 g/mol. The summed E-state index contributed by atoms with van der Waals surface area (Å²) >= 11 is 0. The highest BCUT2D eigenvalue weighted by atomic mass is 16.5. The highest BCUT2D eigenvalue weighted by Crippen LogP contribution is 2.46. The van der Waals surface area contributed by atoms with Crippen LogP contribution in [0.3, 0.4) is 0 Å². The minimum absolute atomic E-state index is 0.0124. The number of nitrogens with one attached hydrogen (secondary N) is 2. The van der Waals surface area contributed by atoms with Crippen LogP contribution < -0.4 is 10.6 Å². The van der Waals surface area contributed by atoms with Crippen LogP contribution in [-0.2, 0) is 18.9 Å². The van der Waals surface area contributed by atoms with Crippen LogP contribution >= 0.6 is 0 Å². The van der Waals surface area contributed by atoms with Gasteiger partial charge in [-0.25, -0.2) is 0 Å². The lowest BCUT2D eigenvalue weighted by Gasteiger charge is -2.31. The van der Waals surface area contributed by atoms with Crippen LogP contribution in [0.1, 0.15) is 112 Å². The number of methoxy groups -OCH3 is 2. The molecule has 262 valence electrons. The quantitative estimate of drug-likeness (QED) is 0.168. The molecule has 0 radical (unpaired) electrons. The van der Waals surface area contributed by atoms with Gasteiger partial charge in [0.25, 0.3) is 11.8 Å². The van der Waals surface area contributed by atoms with Crippen LogP contribution in [0.4, 0.5) is 0 Å². The zero-order valence-corrected chi connectivity index (χ0v) is 30.2. The fraction of sp³-hybridized carbons (Fsp3) is 0.632. The highest BCUT2D eigenvalue weighted by Gasteiger charge is 2.33. The number of amides is 2. The second-order valence-electron chi connectivity index (χ2n) is 14.5. The van der Waals surface area contributed by atoms with Gasteiger partial charge in [0.1, 0.15) is 0 Å². The first kappa shape index (κ1) is 38.6. The molecule has 3 N–H and O–H groups in total. The lowest BCUT2D eigenvalue weighted by atomic mass is 9.95. The molecule has 1 aliphatic rings. The van der Waals surface area contributed by atoms with E-state index in [-0.39, 0.29) is 36.0 Å². The van der Waals surface area contributed by atoms with Crippen molar-refractivity contribution in [1.82, 2.24) is 10.6 Å². The Labute approximate surface area is 282 Å². The highest BCUT2D eigenvalue weighted by molar-refractivity contribution is 6.04. The van der Waals surface area contributed by atoms with Gasteiger partial charge in [0.05, 0.1) is 42.7 Å². The molecule has 0 aromatic heterocycles. The summed E-state index contributed by atoms with van der Waals surface area (Å²) in [5.74, 6) is -0.400. The van der Waals surface area contributed by atoms with Crippen LogP contribution in [0.5, 0.6) is 0 Å². The molecule has 9 heteroatoms. The largest absolute Gasteiger partial charge is 0.395 e. The molecular formula is C38H58N2O7. The summed E-state index contributed by atoms with van der Waals surface area (Å²) in [6, 6.07) is 11.1. The fourth-order valence-corrected chi connectivity index (χ4v) is 5.76. The lowest BCUT2D eigenvalue weighted by molar-refractivity contribution is -0.0945. The molecule has 47 heavy (non-hydrogen) atoms. The normalized spacial score (nSPS) is 16.4. The maximum absolute atomic E-state index is 13.6. The van der Waals surface area contributed by atoms with Crippen LogP contribution in [0.15, 0.2) is 36.4 Å². The van der Waals surface area contributed by atoms with Gasteiger partial charge in [-0.1, -0.05) is 39.0 Å². The minimum Gasteiger partial charge on any atom is -0.395 e. The van der Waals surface area contributed by atoms with Crippen molar-refractivity contribution in [2.24, 2.45) is 5.92 Å². The Hall–Kier alpha value is -2.82. The first-order valence-electron chi connectivity index (χ1n) is 16.9. The predicted octanol–water partition coefficient (Wildman–Crippen LogP) is 6.11. The van der Waals surface area contributed by atoms with Gasteiger partial charge in [-0.05, 0) is 100 Å². The van der Waals surface area contributed by atoms with Crippen molar-refractivity contribution >= 4 is 11.8 Å². The lowest BCUT2D eigenvalue weighted by Crippen LogP contribution is -2.41. The van der Waals surface area contributed by atoms with Gasteiger partial charge in [0.15, 0.2) is 0 Å². The van der Waals surface area contributed by atoms with Gasteiger partial charge in [0.2, 0.25) is 0 Å². The number of hydrogen-bond acceptors (Lipinski definition) is 7. The topological polar surface area (TPSA) is 115 Å². The molecule has 0 saturated carbocycles. The van der Waals surface area contributed by atoms with E-state index in [1.165, 1.54) is 0 Å². The summed E-state index contributed by atoms with van der Waals surface area (Å²) in [5.41, 5.74) is 3.16. The van der Waals surface area contributed by atoms with E-state index in [4.69, 9.17) is 18.9 Å². The van der Waals surface area contributed by atoms with Gasteiger partial charge < -0.3 is 34.7 Å². The Kier molecular flexibility index (Phi) is 13.6. The molecule has 0 saturated heterocycles. The molecule has 2 aromatic carbocycles. The Bertz CT molecular complexity index is 1360. The summed E-state index contributed by atoms with van der Waals surface area (Å²) in [6.45, 7) is 17.9. The molecule has 9 nitrogen and oxygen atoms in total. The molecule has 0 aliphatic heterocycles. The molecule has 0 spiro atoms. The smallest absolute Gasteiger partial charge is 0.251 e. The van der Waals surface area contributed by atoms with Crippen molar-refractivity contribution in [3.05, 3.63) is 58.7 Å². The Morgan fingerprint density at radius 1 is 0.915 bits per heavy atom. The van der Waals surface area contributed by atoms with E-state index in [9.17, 15) is 14.7 Å². The first-order chi connectivity index (χ1) is 22.1. The Balaban J connectivity index is 1.70. The SMILES string of the molecule is CCC(C)(CCNC(=O)c1cccc2c1-c1ccc(C(=O)NCC(C)(C)OCCC(C)(C)OC)cc1C2CO)OCC(OC)C(C)C. The number of hydrogen-bond donors (Lipinski definition) is 3. The van der Waals surface area contributed by atoms with E-state index in [0.717, 1.165) is 35.1 Å². The third-order valence-electron chi connectivity index (χ3n) is 9.61. The average Bonchev–Trinajstić information content (AvgIpc) is 3.36. The molecule has 3 atom stereocenters. The van der Waals surface area contributed by atoms with Gasteiger partial charge in [-0.2, -0.15) is 0 Å². The number of carbonyl (C=O) groups is 2. The summed E-state index contributed by atoms with van der Waals surface area (Å²) in [5, 5.41) is 16.5. The third kappa shape index (κ3) is 10.1. The van der Waals surface area contributed by atoms with Crippen molar-refractivity contribution in [3.63, 3.8) is 0 Å². The monoisotopic (exact) mass is 654 g/mol.